The minimum Gasteiger partial charge on any atom is -0.493 e. The molecule has 0 spiro atoms. The monoisotopic (exact) mass is 302 g/mol. The number of halogens is 3. The summed E-state index contributed by atoms with van der Waals surface area (Å²) >= 11 is 0. The largest absolute Gasteiger partial charge is 0.493 e. The first-order chi connectivity index (χ1) is 9.74. The van der Waals surface area contributed by atoms with Crippen LogP contribution in [0.4, 0.5) is 13.2 Å². The molecule has 0 amide bonds. The van der Waals surface area contributed by atoms with Crippen molar-refractivity contribution in [1.29, 1.82) is 0 Å². The smallest absolute Gasteiger partial charge is 0.303 e. The number of ether oxygens (including phenoxy) is 1. The van der Waals surface area contributed by atoms with Crippen LogP contribution in [0, 0.1) is 11.7 Å². The Morgan fingerprint density at radius 3 is 2.52 bits per heavy atom. The minimum atomic E-state index is -3.20. The molecule has 1 aliphatic rings. The highest BCUT2D eigenvalue weighted by Gasteiger charge is 2.37. The van der Waals surface area contributed by atoms with Gasteiger partial charge in [0, 0.05) is 24.0 Å². The van der Waals surface area contributed by atoms with Crippen LogP contribution in [0.2, 0.25) is 0 Å². The quantitative estimate of drug-likeness (QED) is 0.866. The topological polar surface area (TPSA) is 46.5 Å². The molecule has 1 fully saturated rings. The van der Waals surface area contributed by atoms with Crippen LogP contribution in [-0.4, -0.2) is 18.2 Å². The van der Waals surface area contributed by atoms with Gasteiger partial charge in [0.15, 0.2) is 11.6 Å². The van der Waals surface area contributed by atoms with Crippen molar-refractivity contribution in [1.82, 2.24) is 0 Å². The van der Waals surface area contributed by atoms with E-state index in [9.17, 15) is 18.0 Å². The maximum atomic E-state index is 14.0. The maximum absolute atomic E-state index is 14.0. The van der Waals surface area contributed by atoms with Crippen molar-refractivity contribution < 1.29 is 27.8 Å². The summed E-state index contributed by atoms with van der Waals surface area (Å²) in [7, 11) is 1.25. The Morgan fingerprint density at radius 2 is 2.10 bits per heavy atom. The third-order valence-corrected chi connectivity index (χ3v) is 3.77. The van der Waals surface area contributed by atoms with E-state index >= 15 is 0 Å². The minimum absolute atomic E-state index is 0.0788. The highest BCUT2D eigenvalue weighted by atomic mass is 19.3. The molecule has 0 aromatic heterocycles. The molecule has 1 unspecified atom stereocenters. The molecule has 0 radical (unpaired) electrons. The molecule has 0 saturated heterocycles. The van der Waals surface area contributed by atoms with Crippen LogP contribution >= 0.6 is 0 Å². The fourth-order valence-electron chi connectivity index (χ4n) is 2.58. The molecule has 116 valence electrons. The second-order valence-corrected chi connectivity index (χ2v) is 5.51. The summed E-state index contributed by atoms with van der Waals surface area (Å²) in [4.78, 5) is 11.0. The number of hydrogen-bond donors (Lipinski definition) is 1. The van der Waals surface area contributed by atoms with Crippen LogP contribution in [0.25, 0.3) is 0 Å². The lowest BCUT2D eigenvalue weighted by atomic mass is 9.88. The number of aliphatic carboxylic acids is 1. The summed E-state index contributed by atoms with van der Waals surface area (Å²) in [6.45, 7) is 0.682. The van der Waals surface area contributed by atoms with E-state index in [1.165, 1.54) is 13.2 Å². The molecule has 1 atom stereocenters. The average molecular weight is 302 g/mol. The SMILES string of the molecule is COc1c(F)cc(C(C)(F)F)cc1C(CC(=O)O)C1CC1. The number of carbonyl (C=O) groups is 1. The normalized spacial score (nSPS) is 16.6. The maximum Gasteiger partial charge on any atom is 0.303 e. The third-order valence-electron chi connectivity index (χ3n) is 3.77. The van der Waals surface area contributed by atoms with Gasteiger partial charge in [-0.1, -0.05) is 0 Å². The molecule has 1 saturated carbocycles. The summed E-state index contributed by atoms with van der Waals surface area (Å²) in [5.74, 6) is -5.68. The standard InChI is InChI=1S/C15H17F3O3/c1-15(17,18)9-5-11(14(21-2)12(16)6-9)10(7-13(19)20)8-3-4-8/h5-6,8,10H,3-4,7H2,1-2H3,(H,19,20). The van der Waals surface area contributed by atoms with E-state index in [1.54, 1.807) is 0 Å². The summed E-state index contributed by atoms with van der Waals surface area (Å²) in [6, 6.07) is 1.92. The Morgan fingerprint density at radius 1 is 1.48 bits per heavy atom. The Bertz CT molecular complexity index is 548. The van der Waals surface area contributed by atoms with Gasteiger partial charge in [-0.3, -0.25) is 4.79 Å². The van der Waals surface area contributed by atoms with Gasteiger partial charge in [0.2, 0.25) is 0 Å². The molecule has 1 N–H and O–H groups in total. The van der Waals surface area contributed by atoms with Crippen LogP contribution in [-0.2, 0) is 10.7 Å². The molecule has 1 aromatic carbocycles. The van der Waals surface area contributed by atoms with E-state index in [2.05, 4.69) is 0 Å². The predicted octanol–water partition coefficient (Wildman–Crippen LogP) is 3.91. The fourth-order valence-corrected chi connectivity index (χ4v) is 2.58. The Hall–Kier alpha value is -1.72. The molecule has 21 heavy (non-hydrogen) atoms. The number of carboxylic acid groups (broad SMARTS) is 1. The first kappa shape index (κ1) is 15.7. The van der Waals surface area contributed by atoms with Crippen LogP contribution in [0.5, 0.6) is 5.75 Å². The second-order valence-electron chi connectivity index (χ2n) is 5.51. The second kappa shape index (κ2) is 5.58. The number of alkyl halides is 2. The lowest BCUT2D eigenvalue weighted by Gasteiger charge is -2.21. The van der Waals surface area contributed by atoms with Gasteiger partial charge in [0.1, 0.15) is 0 Å². The lowest BCUT2D eigenvalue weighted by molar-refractivity contribution is -0.137. The van der Waals surface area contributed by atoms with E-state index in [1.807, 2.05) is 0 Å². The van der Waals surface area contributed by atoms with Gasteiger partial charge in [-0.25, -0.2) is 13.2 Å². The van der Waals surface area contributed by atoms with Crippen LogP contribution in [0.1, 0.15) is 43.2 Å². The van der Waals surface area contributed by atoms with Crippen molar-refractivity contribution in [2.45, 2.75) is 38.0 Å². The molecule has 1 aliphatic carbocycles. The van der Waals surface area contributed by atoms with Gasteiger partial charge < -0.3 is 9.84 Å². The van der Waals surface area contributed by atoms with Crippen molar-refractivity contribution in [2.75, 3.05) is 7.11 Å². The Labute approximate surface area is 120 Å². The van der Waals surface area contributed by atoms with E-state index in [-0.39, 0.29) is 23.7 Å². The number of carboxylic acids is 1. The Balaban J connectivity index is 2.52. The first-order valence-electron chi connectivity index (χ1n) is 6.71. The molecular formula is C15H17F3O3. The number of rotatable bonds is 6. The predicted molar refractivity (Wildman–Crippen MR) is 70.2 cm³/mol. The summed E-state index contributed by atoms with van der Waals surface area (Å²) < 4.78 is 45.9. The van der Waals surface area contributed by atoms with Crippen molar-refractivity contribution in [2.24, 2.45) is 5.92 Å². The van der Waals surface area contributed by atoms with E-state index in [4.69, 9.17) is 9.84 Å². The average Bonchev–Trinajstić information content (AvgIpc) is 3.17. The van der Waals surface area contributed by atoms with Gasteiger partial charge >= 0.3 is 5.97 Å². The molecule has 1 aromatic rings. The van der Waals surface area contributed by atoms with Crippen LogP contribution < -0.4 is 4.74 Å². The first-order valence-corrected chi connectivity index (χ1v) is 6.71. The molecule has 6 heteroatoms. The van der Waals surface area contributed by atoms with Crippen molar-refractivity contribution >= 4 is 5.97 Å². The molecule has 0 heterocycles. The molecule has 0 bridgehead atoms. The highest BCUT2D eigenvalue weighted by molar-refractivity contribution is 5.68. The van der Waals surface area contributed by atoms with Gasteiger partial charge in [-0.05, 0) is 30.9 Å². The number of benzene rings is 1. The van der Waals surface area contributed by atoms with Gasteiger partial charge in [-0.15, -0.1) is 0 Å². The Kier molecular flexibility index (Phi) is 4.16. The van der Waals surface area contributed by atoms with Crippen molar-refractivity contribution in [3.63, 3.8) is 0 Å². The van der Waals surface area contributed by atoms with E-state index in [0.29, 0.717) is 6.92 Å². The van der Waals surface area contributed by atoms with Crippen molar-refractivity contribution in [3.05, 3.63) is 29.1 Å². The van der Waals surface area contributed by atoms with E-state index in [0.717, 1.165) is 18.9 Å². The molecule has 0 aliphatic heterocycles. The number of methoxy groups -OCH3 is 1. The zero-order chi connectivity index (χ0) is 15.8. The zero-order valence-electron chi connectivity index (χ0n) is 11.8. The summed E-state index contributed by atoms with van der Waals surface area (Å²) in [6.07, 6.45) is 1.41. The van der Waals surface area contributed by atoms with Crippen LogP contribution in [0.15, 0.2) is 12.1 Å². The van der Waals surface area contributed by atoms with Crippen LogP contribution in [0.3, 0.4) is 0 Å². The van der Waals surface area contributed by atoms with Gasteiger partial charge in [-0.2, -0.15) is 0 Å². The fraction of sp³-hybridized carbons (Fsp3) is 0.533. The molecule has 3 nitrogen and oxygen atoms in total. The zero-order valence-corrected chi connectivity index (χ0v) is 11.8. The third kappa shape index (κ3) is 3.49. The molecular weight excluding hydrogens is 285 g/mol. The molecule has 2 rings (SSSR count). The number of hydrogen-bond acceptors (Lipinski definition) is 2. The van der Waals surface area contributed by atoms with Gasteiger partial charge in [0.05, 0.1) is 13.5 Å². The summed E-state index contributed by atoms with van der Waals surface area (Å²) in [5.41, 5.74) is -0.245. The van der Waals surface area contributed by atoms with Gasteiger partial charge in [0.25, 0.3) is 5.92 Å². The van der Waals surface area contributed by atoms with Crippen molar-refractivity contribution in [3.8, 4) is 5.75 Å². The highest BCUT2D eigenvalue weighted by Crippen LogP contribution is 2.48. The lowest BCUT2D eigenvalue weighted by Crippen LogP contribution is -2.14. The summed E-state index contributed by atoms with van der Waals surface area (Å²) in [5, 5.41) is 9.00. The van der Waals surface area contributed by atoms with E-state index < -0.39 is 29.2 Å².